The number of hydrogen-bond acceptors (Lipinski definition) is 4. The molecule has 2 aromatic carbocycles. The third kappa shape index (κ3) is 3.65. The monoisotopic (exact) mass is 435 g/mol. The van der Waals surface area contributed by atoms with E-state index in [9.17, 15) is 9.59 Å². The molecule has 24 heavy (non-hydrogen) atoms. The van der Waals surface area contributed by atoms with Gasteiger partial charge in [0.15, 0.2) is 0 Å². The Bertz CT molecular complexity index is 804. The number of carbonyl (C=O) groups is 2. The number of nitrogens with zero attached hydrogens (tertiary/aromatic N) is 1. The third-order valence-corrected chi connectivity index (χ3v) is 5.31. The van der Waals surface area contributed by atoms with Crippen molar-refractivity contribution in [3.63, 3.8) is 0 Å². The fraction of sp³-hybridized carbons (Fsp3) is 0.111. The summed E-state index contributed by atoms with van der Waals surface area (Å²) in [6.07, 6.45) is 4.05. The molecule has 1 N–H and O–H groups in total. The second-order valence-electron chi connectivity index (χ2n) is 5.07. The number of hydroxylamine groups is 1. The third-order valence-electron chi connectivity index (χ3n) is 3.61. The predicted molar refractivity (Wildman–Crippen MR) is 88.9 cm³/mol. The van der Waals surface area contributed by atoms with Crippen LogP contribution in [0.4, 0.5) is 15.3 Å². The number of anilines is 1. The first kappa shape index (κ1) is 16.7. The first-order chi connectivity index (χ1) is 11.7. The molecule has 0 saturated heterocycles. The molecule has 0 bridgehead atoms. The molecule has 124 valence electrons. The molecule has 0 radical (unpaired) electrons. The number of carbonyl (C=O) groups excluding carboxylic acids is 2. The molecule has 0 spiro atoms. The predicted octanol–water partition coefficient (Wildman–Crippen LogP) is 0.657. The van der Waals surface area contributed by atoms with Crippen molar-refractivity contribution in [3.8, 4) is 0 Å². The van der Waals surface area contributed by atoms with Gasteiger partial charge in [0.2, 0.25) is 0 Å². The van der Waals surface area contributed by atoms with Crippen molar-refractivity contribution in [3.05, 3.63) is 65.2 Å². The molecule has 6 heteroatoms. The van der Waals surface area contributed by atoms with Crippen LogP contribution in [0.1, 0.15) is 16.7 Å². The fourth-order valence-electron chi connectivity index (χ4n) is 2.52. The van der Waals surface area contributed by atoms with Crippen molar-refractivity contribution >= 4 is 25.7 Å². The van der Waals surface area contributed by atoms with Crippen LogP contribution in [-0.4, -0.2) is 14.9 Å². The fourth-order valence-corrected chi connectivity index (χ4v) is 3.95. The number of fused-ring (bicyclic) bond motifs is 2. The van der Waals surface area contributed by atoms with E-state index in [1.807, 2.05) is 54.6 Å². The Kier molecular flexibility index (Phi) is 5.27. The summed E-state index contributed by atoms with van der Waals surface area (Å²) in [6, 6.07) is 15.6. The van der Waals surface area contributed by atoms with E-state index in [1.54, 1.807) is 4.90 Å². The maximum atomic E-state index is 12.7. The molecular weight excluding hydrogens is 419 g/mol. The van der Waals surface area contributed by atoms with Gasteiger partial charge in [-0.15, -0.1) is 0 Å². The normalized spacial score (nSPS) is 14.1. The van der Waals surface area contributed by atoms with E-state index in [0.717, 1.165) is 22.4 Å². The number of hydrogen-bond donors (Lipinski definition) is 1. The summed E-state index contributed by atoms with van der Waals surface area (Å²) in [7, 11) is 1.50. The molecule has 0 aliphatic carbocycles. The molecule has 1 aliphatic heterocycles. The van der Waals surface area contributed by atoms with Gasteiger partial charge < -0.3 is 0 Å². The second-order valence-corrected chi connectivity index (χ2v) is 7.41. The van der Waals surface area contributed by atoms with Crippen molar-refractivity contribution < 1.29 is 35.6 Å². The molecule has 1 aliphatic rings. The van der Waals surface area contributed by atoms with E-state index < -0.39 is 25.2 Å². The van der Waals surface area contributed by atoms with Gasteiger partial charge in [0.1, 0.15) is 0 Å². The quantitative estimate of drug-likeness (QED) is 0.333. The number of nitrogens with one attached hydrogen (secondary N) is 1. The van der Waals surface area contributed by atoms with Crippen molar-refractivity contribution in [1.29, 1.82) is 0 Å². The summed E-state index contributed by atoms with van der Waals surface area (Å²) >= 11 is -1.43. The molecular formula is C18H16IN2O3-. The number of rotatable bonds is 3. The molecule has 1 heterocycles. The van der Waals surface area contributed by atoms with Crippen LogP contribution >= 0.6 is 0 Å². The zero-order chi connectivity index (χ0) is 16.9. The Labute approximate surface area is 150 Å². The molecule has 0 unspecified atom stereocenters. The molecule has 0 saturated carbocycles. The summed E-state index contributed by atoms with van der Waals surface area (Å²) in [4.78, 5) is 30.9. The van der Waals surface area contributed by atoms with Crippen LogP contribution < -0.4 is 31.6 Å². The van der Waals surface area contributed by atoms with E-state index in [2.05, 4.69) is 11.6 Å². The van der Waals surface area contributed by atoms with E-state index >= 15 is 0 Å². The number of para-hydroxylation sites is 1. The second kappa shape index (κ2) is 7.59. The van der Waals surface area contributed by atoms with Crippen LogP contribution in [0.25, 0.3) is 12.2 Å². The van der Waals surface area contributed by atoms with E-state index in [-0.39, 0.29) is 3.91 Å². The Balaban J connectivity index is 1.99. The minimum absolute atomic E-state index is 0.188. The van der Waals surface area contributed by atoms with Gasteiger partial charge in [-0.1, -0.05) is 0 Å². The Morgan fingerprint density at radius 1 is 1.04 bits per heavy atom. The van der Waals surface area contributed by atoms with Gasteiger partial charge >= 0.3 is 151 Å². The first-order valence-electron chi connectivity index (χ1n) is 7.38. The molecule has 3 rings (SSSR count). The number of halogens is 1. The molecule has 0 atom stereocenters. The zero-order valence-electron chi connectivity index (χ0n) is 13.0. The SMILES string of the molecule is CNOC(=O)[I-]C(=O)N1Cc2ccccc2/C=C\c2ccccc21. The van der Waals surface area contributed by atoms with Gasteiger partial charge in [-0.25, -0.2) is 0 Å². The van der Waals surface area contributed by atoms with Gasteiger partial charge in [0.25, 0.3) is 0 Å². The van der Waals surface area contributed by atoms with Crippen LogP contribution in [0.2, 0.25) is 0 Å². The van der Waals surface area contributed by atoms with Gasteiger partial charge in [0.05, 0.1) is 0 Å². The Morgan fingerprint density at radius 3 is 2.50 bits per heavy atom. The number of amides is 1. The maximum absolute atomic E-state index is 12.7. The topological polar surface area (TPSA) is 58.6 Å². The molecule has 1 amide bonds. The van der Waals surface area contributed by atoms with Crippen LogP contribution in [0.15, 0.2) is 48.5 Å². The zero-order valence-corrected chi connectivity index (χ0v) is 15.2. The Hall–Kier alpha value is -2.19. The molecule has 2 aromatic rings. The van der Waals surface area contributed by atoms with Crippen molar-refractivity contribution in [2.45, 2.75) is 6.54 Å². The van der Waals surface area contributed by atoms with Crippen LogP contribution in [0.5, 0.6) is 0 Å². The van der Waals surface area contributed by atoms with E-state index in [0.29, 0.717) is 6.54 Å². The standard InChI is InChI=1S/C18H16IN2O3/c1-20-24-18(23)19-17(22)21-12-15-8-3-2-6-13(15)10-11-14-7-4-5-9-16(14)21/h2-11,20H,12H2,1H3/q-1/b11-10-. The average molecular weight is 435 g/mol. The van der Waals surface area contributed by atoms with Crippen LogP contribution in [0.3, 0.4) is 0 Å². The van der Waals surface area contributed by atoms with E-state index in [1.165, 1.54) is 7.05 Å². The van der Waals surface area contributed by atoms with Gasteiger partial charge in [-0.3, -0.25) is 0 Å². The minimum atomic E-state index is -1.43. The summed E-state index contributed by atoms with van der Waals surface area (Å²) in [5.74, 6) is 0. The first-order valence-corrected chi connectivity index (χ1v) is 9.53. The molecule has 0 aromatic heterocycles. The van der Waals surface area contributed by atoms with Gasteiger partial charge in [0, 0.05) is 0 Å². The molecule has 0 fully saturated rings. The van der Waals surface area contributed by atoms with Gasteiger partial charge in [-0.05, 0) is 0 Å². The summed E-state index contributed by atoms with van der Waals surface area (Å²) in [5.41, 5.74) is 6.20. The molecule has 5 nitrogen and oxygen atoms in total. The summed E-state index contributed by atoms with van der Waals surface area (Å²) in [5, 5.41) is 0. The van der Waals surface area contributed by atoms with Gasteiger partial charge in [-0.2, -0.15) is 0 Å². The van der Waals surface area contributed by atoms with Crippen LogP contribution in [0, 0.1) is 0 Å². The van der Waals surface area contributed by atoms with E-state index in [4.69, 9.17) is 4.84 Å². The van der Waals surface area contributed by atoms with Crippen molar-refractivity contribution in [2.75, 3.05) is 11.9 Å². The number of benzene rings is 2. The average Bonchev–Trinajstić information content (AvgIpc) is 2.57. The van der Waals surface area contributed by atoms with Crippen molar-refractivity contribution in [1.82, 2.24) is 5.48 Å². The van der Waals surface area contributed by atoms with Crippen LogP contribution in [-0.2, 0) is 11.4 Å². The Morgan fingerprint density at radius 2 is 1.71 bits per heavy atom. The summed E-state index contributed by atoms with van der Waals surface area (Å²) < 4.78 is -0.684. The summed E-state index contributed by atoms with van der Waals surface area (Å²) in [6.45, 7) is 0.433. The van der Waals surface area contributed by atoms with Crippen molar-refractivity contribution in [2.24, 2.45) is 0 Å².